The van der Waals surface area contributed by atoms with Crippen LogP contribution in [-0.4, -0.2) is 25.7 Å². The van der Waals surface area contributed by atoms with Gasteiger partial charge in [0.2, 0.25) is 0 Å². The zero-order valence-electron chi connectivity index (χ0n) is 14.7. The molecule has 2 heteroatoms. The van der Waals surface area contributed by atoms with Gasteiger partial charge in [-0.3, -0.25) is 0 Å². The van der Waals surface area contributed by atoms with Crippen LogP contribution in [0.15, 0.2) is 24.3 Å². The maximum Gasteiger partial charge on any atom is 0.0366 e. The van der Waals surface area contributed by atoms with Crippen molar-refractivity contribution in [3.8, 4) is 0 Å². The normalized spacial score (nSPS) is 21.2. The molecule has 1 aromatic carbocycles. The van der Waals surface area contributed by atoms with Crippen LogP contribution in [0.4, 0.5) is 5.69 Å². The number of anilines is 1. The van der Waals surface area contributed by atoms with E-state index in [0.29, 0.717) is 11.5 Å². The first kappa shape index (κ1) is 16.4. The first-order valence-electron chi connectivity index (χ1n) is 8.27. The molecule has 1 N–H and O–H groups in total. The molecule has 0 saturated carbocycles. The Kier molecular flexibility index (Phi) is 4.67. The molecule has 1 atom stereocenters. The van der Waals surface area contributed by atoms with Gasteiger partial charge in [0.15, 0.2) is 0 Å². The van der Waals surface area contributed by atoms with Crippen LogP contribution in [0.25, 0.3) is 0 Å². The van der Waals surface area contributed by atoms with E-state index >= 15 is 0 Å². The fourth-order valence-electron chi connectivity index (χ4n) is 2.91. The van der Waals surface area contributed by atoms with E-state index in [1.54, 1.807) is 0 Å². The fourth-order valence-corrected chi connectivity index (χ4v) is 2.91. The van der Waals surface area contributed by atoms with E-state index in [4.69, 9.17) is 0 Å². The first-order chi connectivity index (χ1) is 9.68. The van der Waals surface area contributed by atoms with Crippen molar-refractivity contribution in [2.75, 3.05) is 24.5 Å². The molecule has 21 heavy (non-hydrogen) atoms. The van der Waals surface area contributed by atoms with Crippen LogP contribution >= 0.6 is 0 Å². The van der Waals surface area contributed by atoms with Crippen molar-refractivity contribution in [1.29, 1.82) is 0 Å². The van der Waals surface area contributed by atoms with Gasteiger partial charge in [0.1, 0.15) is 0 Å². The van der Waals surface area contributed by atoms with Gasteiger partial charge in [-0.1, -0.05) is 53.7 Å². The van der Waals surface area contributed by atoms with E-state index in [2.05, 4.69) is 76.0 Å². The van der Waals surface area contributed by atoms with Crippen molar-refractivity contribution in [3.05, 3.63) is 29.8 Å². The Morgan fingerprint density at radius 3 is 2.14 bits per heavy atom. The Balaban J connectivity index is 2.16. The number of nitrogens with one attached hydrogen (secondary N) is 1. The number of hydrogen-bond acceptors (Lipinski definition) is 2. The Labute approximate surface area is 130 Å². The molecule has 1 aromatic rings. The predicted molar refractivity (Wildman–Crippen MR) is 93.2 cm³/mol. The van der Waals surface area contributed by atoms with Crippen molar-refractivity contribution in [2.45, 2.75) is 59.4 Å². The summed E-state index contributed by atoms with van der Waals surface area (Å²) in [6, 6.07) is 9.72. The summed E-state index contributed by atoms with van der Waals surface area (Å²) in [4.78, 5) is 2.54. The molecule has 1 heterocycles. The molecule has 1 fully saturated rings. The van der Waals surface area contributed by atoms with Crippen LogP contribution in [0.3, 0.4) is 0 Å². The number of benzene rings is 1. The molecular weight excluding hydrogens is 256 g/mol. The van der Waals surface area contributed by atoms with Gasteiger partial charge in [-0.15, -0.1) is 0 Å². The van der Waals surface area contributed by atoms with Crippen LogP contribution in [0.2, 0.25) is 0 Å². The quantitative estimate of drug-likeness (QED) is 0.833. The molecule has 1 unspecified atom stereocenters. The highest BCUT2D eigenvalue weighted by atomic mass is 15.2. The van der Waals surface area contributed by atoms with E-state index in [0.717, 1.165) is 19.6 Å². The predicted octanol–water partition coefficient (Wildman–Crippen LogP) is 4.20. The Morgan fingerprint density at radius 2 is 1.62 bits per heavy atom. The lowest BCUT2D eigenvalue weighted by Crippen LogP contribution is -2.46. The second-order valence-corrected chi connectivity index (χ2v) is 8.47. The summed E-state index contributed by atoms with van der Waals surface area (Å²) in [5.41, 5.74) is 3.30. The van der Waals surface area contributed by atoms with Crippen molar-refractivity contribution >= 4 is 5.69 Å². The van der Waals surface area contributed by atoms with E-state index < -0.39 is 0 Å². The standard InChI is InChI=1S/C19H32N2/c1-18(2,3)15-8-10-16(11-9-15)21-13-7-12-20-17(14-21)19(4,5)6/h8-11,17,20H,7,12-14H2,1-6H3. The molecule has 2 nitrogen and oxygen atoms in total. The molecule has 0 aliphatic carbocycles. The summed E-state index contributed by atoms with van der Waals surface area (Å²) in [7, 11) is 0. The van der Waals surface area contributed by atoms with Crippen molar-refractivity contribution < 1.29 is 0 Å². The first-order valence-corrected chi connectivity index (χ1v) is 8.27. The molecule has 0 radical (unpaired) electrons. The average molecular weight is 288 g/mol. The second kappa shape index (κ2) is 6.00. The Bertz CT molecular complexity index is 448. The SMILES string of the molecule is CC(C)(C)c1ccc(N2CCCNC(C(C)(C)C)C2)cc1. The van der Waals surface area contributed by atoms with Crippen LogP contribution < -0.4 is 10.2 Å². The molecule has 1 saturated heterocycles. The van der Waals surface area contributed by atoms with Crippen LogP contribution in [0.1, 0.15) is 53.5 Å². The van der Waals surface area contributed by atoms with Gasteiger partial charge in [0.25, 0.3) is 0 Å². The smallest absolute Gasteiger partial charge is 0.0366 e. The van der Waals surface area contributed by atoms with Crippen molar-refractivity contribution in [1.82, 2.24) is 5.32 Å². The second-order valence-electron chi connectivity index (χ2n) is 8.47. The van der Waals surface area contributed by atoms with E-state index in [-0.39, 0.29) is 5.41 Å². The Hall–Kier alpha value is -1.02. The number of hydrogen-bond donors (Lipinski definition) is 1. The monoisotopic (exact) mass is 288 g/mol. The molecule has 0 amide bonds. The molecule has 1 aliphatic heterocycles. The van der Waals surface area contributed by atoms with Gasteiger partial charge in [0, 0.05) is 24.8 Å². The average Bonchev–Trinajstić information content (AvgIpc) is 2.63. The zero-order chi connectivity index (χ0) is 15.7. The topological polar surface area (TPSA) is 15.3 Å². The lowest BCUT2D eigenvalue weighted by Gasteiger charge is -2.34. The van der Waals surface area contributed by atoms with Crippen LogP contribution in [-0.2, 0) is 5.41 Å². The third-order valence-corrected chi connectivity index (χ3v) is 4.54. The minimum Gasteiger partial charge on any atom is -0.370 e. The summed E-state index contributed by atoms with van der Waals surface area (Å²) in [6.45, 7) is 17.2. The minimum absolute atomic E-state index is 0.229. The zero-order valence-corrected chi connectivity index (χ0v) is 14.7. The summed E-state index contributed by atoms with van der Waals surface area (Å²) < 4.78 is 0. The molecule has 1 aliphatic rings. The third kappa shape index (κ3) is 4.23. The van der Waals surface area contributed by atoms with Crippen LogP contribution in [0.5, 0.6) is 0 Å². The highest BCUT2D eigenvalue weighted by molar-refractivity contribution is 5.49. The summed E-state index contributed by atoms with van der Waals surface area (Å²) in [5.74, 6) is 0. The van der Waals surface area contributed by atoms with Gasteiger partial charge >= 0.3 is 0 Å². The van der Waals surface area contributed by atoms with Gasteiger partial charge < -0.3 is 10.2 Å². The van der Waals surface area contributed by atoms with E-state index in [1.807, 2.05) is 0 Å². The van der Waals surface area contributed by atoms with Crippen molar-refractivity contribution in [2.24, 2.45) is 5.41 Å². The molecule has 2 rings (SSSR count). The maximum absolute atomic E-state index is 3.72. The number of rotatable bonds is 1. The molecule has 118 valence electrons. The fraction of sp³-hybridized carbons (Fsp3) is 0.684. The maximum atomic E-state index is 3.72. The largest absolute Gasteiger partial charge is 0.370 e. The van der Waals surface area contributed by atoms with Crippen molar-refractivity contribution in [3.63, 3.8) is 0 Å². The Morgan fingerprint density at radius 1 is 1.00 bits per heavy atom. The lowest BCUT2D eigenvalue weighted by molar-refractivity contribution is 0.280. The lowest BCUT2D eigenvalue weighted by atomic mass is 9.86. The highest BCUT2D eigenvalue weighted by Crippen LogP contribution is 2.27. The summed E-state index contributed by atoms with van der Waals surface area (Å²) >= 11 is 0. The molecular formula is C19H32N2. The molecule has 0 bridgehead atoms. The summed E-state index contributed by atoms with van der Waals surface area (Å²) in [6.07, 6.45) is 1.22. The van der Waals surface area contributed by atoms with E-state index in [1.165, 1.54) is 17.7 Å². The highest BCUT2D eigenvalue weighted by Gasteiger charge is 2.28. The molecule has 0 spiro atoms. The van der Waals surface area contributed by atoms with Gasteiger partial charge in [-0.2, -0.15) is 0 Å². The van der Waals surface area contributed by atoms with E-state index in [9.17, 15) is 0 Å². The third-order valence-electron chi connectivity index (χ3n) is 4.54. The van der Waals surface area contributed by atoms with Gasteiger partial charge in [-0.25, -0.2) is 0 Å². The summed E-state index contributed by atoms with van der Waals surface area (Å²) in [5, 5.41) is 3.72. The number of nitrogens with zero attached hydrogens (tertiary/aromatic N) is 1. The van der Waals surface area contributed by atoms with Gasteiger partial charge in [-0.05, 0) is 41.5 Å². The van der Waals surface area contributed by atoms with Crippen LogP contribution in [0, 0.1) is 5.41 Å². The molecule has 0 aromatic heterocycles. The minimum atomic E-state index is 0.229. The van der Waals surface area contributed by atoms with Gasteiger partial charge in [0.05, 0.1) is 0 Å².